The zero-order valence-electron chi connectivity index (χ0n) is 13.0. The van der Waals surface area contributed by atoms with Gasteiger partial charge in [-0.05, 0) is 18.1 Å². The number of aryl methyl sites for hydroxylation is 1. The minimum atomic E-state index is -0.403. The molecule has 1 aliphatic rings. The summed E-state index contributed by atoms with van der Waals surface area (Å²) < 4.78 is 6.43. The van der Waals surface area contributed by atoms with E-state index in [1.54, 1.807) is 21.0 Å². The Hall–Kier alpha value is -2.35. The van der Waals surface area contributed by atoms with Crippen LogP contribution in [0.2, 0.25) is 0 Å². The van der Waals surface area contributed by atoms with Gasteiger partial charge in [0.25, 0.3) is 0 Å². The largest absolute Gasteiger partial charge is 0.465 e. The normalized spacial score (nSPS) is 17.3. The third-order valence-corrected chi connectivity index (χ3v) is 4.77. The molecule has 3 rings (SSSR count). The van der Waals surface area contributed by atoms with Gasteiger partial charge in [-0.2, -0.15) is 5.10 Å². The molecule has 1 saturated heterocycles. The second-order valence-electron chi connectivity index (χ2n) is 5.50. The summed E-state index contributed by atoms with van der Waals surface area (Å²) in [6.07, 6.45) is 4.78. The first-order valence-electron chi connectivity index (χ1n) is 7.28. The summed E-state index contributed by atoms with van der Waals surface area (Å²) in [5, 5.41) is 9.33. The topological polar surface area (TPSA) is 76.5 Å². The van der Waals surface area contributed by atoms with E-state index in [0.717, 1.165) is 12.0 Å². The van der Waals surface area contributed by atoms with Crippen molar-refractivity contribution < 1.29 is 14.3 Å². The maximum Gasteiger partial charge on any atom is 0.338 e. The zero-order valence-corrected chi connectivity index (χ0v) is 13.8. The van der Waals surface area contributed by atoms with Crippen molar-refractivity contribution in [3.63, 3.8) is 0 Å². The molecule has 1 N–H and O–H groups in total. The third-order valence-electron chi connectivity index (χ3n) is 3.92. The molecule has 7 nitrogen and oxygen atoms in total. The number of nitrogens with zero attached hydrogens (tertiary/aromatic N) is 3. The number of carbonyl (C=O) groups is 2. The Kier molecular flexibility index (Phi) is 4.33. The minimum Gasteiger partial charge on any atom is -0.465 e. The molecule has 3 heterocycles. The van der Waals surface area contributed by atoms with Crippen LogP contribution in [0.5, 0.6) is 0 Å². The highest BCUT2D eigenvalue weighted by Gasteiger charge is 2.28. The van der Waals surface area contributed by atoms with Gasteiger partial charge in [0.2, 0.25) is 0 Å². The number of methoxy groups -OCH3 is 1. The van der Waals surface area contributed by atoms with Crippen molar-refractivity contribution in [1.29, 1.82) is 0 Å². The van der Waals surface area contributed by atoms with E-state index in [2.05, 4.69) is 15.2 Å². The number of likely N-dealkylation sites (tertiary alicyclic amines) is 1. The summed E-state index contributed by atoms with van der Waals surface area (Å²) >= 11 is 1.31. The molecular formula is C15H18N4O3S. The fourth-order valence-electron chi connectivity index (χ4n) is 2.68. The van der Waals surface area contributed by atoms with E-state index in [9.17, 15) is 9.59 Å². The summed E-state index contributed by atoms with van der Waals surface area (Å²) in [5.41, 5.74) is 1.61. The molecule has 0 aromatic carbocycles. The van der Waals surface area contributed by atoms with E-state index < -0.39 is 5.97 Å². The number of hydrogen-bond acceptors (Lipinski definition) is 5. The average Bonchev–Trinajstić information content (AvgIpc) is 3.25. The summed E-state index contributed by atoms with van der Waals surface area (Å²) in [7, 11) is 3.22. The van der Waals surface area contributed by atoms with E-state index >= 15 is 0 Å². The fourth-order valence-corrected chi connectivity index (χ4v) is 3.44. The van der Waals surface area contributed by atoms with Gasteiger partial charge in [-0.25, -0.2) is 9.59 Å². The highest BCUT2D eigenvalue weighted by Crippen LogP contribution is 2.28. The quantitative estimate of drug-likeness (QED) is 0.874. The Morgan fingerprint density at radius 3 is 3.00 bits per heavy atom. The summed E-state index contributed by atoms with van der Waals surface area (Å²) in [5.74, 6) is -0.0806. The van der Waals surface area contributed by atoms with Crippen molar-refractivity contribution in [1.82, 2.24) is 14.7 Å². The Morgan fingerprint density at radius 1 is 1.48 bits per heavy atom. The highest BCUT2D eigenvalue weighted by molar-refractivity contribution is 7.14. The molecule has 0 unspecified atom stereocenters. The van der Waals surface area contributed by atoms with Gasteiger partial charge in [0.1, 0.15) is 0 Å². The monoisotopic (exact) mass is 334 g/mol. The van der Waals surface area contributed by atoms with E-state index in [0.29, 0.717) is 29.6 Å². The number of nitrogens with one attached hydrogen (secondary N) is 1. The van der Waals surface area contributed by atoms with Crippen LogP contribution in [0.3, 0.4) is 0 Å². The number of anilines is 1. The van der Waals surface area contributed by atoms with Gasteiger partial charge in [0, 0.05) is 37.6 Å². The molecule has 2 aromatic rings. The van der Waals surface area contributed by atoms with Gasteiger partial charge >= 0.3 is 12.0 Å². The second kappa shape index (κ2) is 6.41. The second-order valence-corrected chi connectivity index (χ2v) is 6.41. The predicted octanol–water partition coefficient (Wildman–Crippen LogP) is 2.29. The smallest absolute Gasteiger partial charge is 0.338 e. The maximum absolute atomic E-state index is 12.3. The Balaban J connectivity index is 1.59. The molecule has 1 aliphatic heterocycles. The van der Waals surface area contributed by atoms with E-state index in [1.807, 2.05) is 19.4 Å². The third kappa shape index (κ3) is 3.37. The molecule has 1 fully saturated rings. The number of amides is 2. The lowest BCUT2D eigenvalue weighted by Crippen LogP contribution is -2.32. The van der Waals surface area contributed by atoms with Gasteiger partial charge in [-0.15, -0.1) is 11.3 Å². The van der Waals surface area contributed by atoms with Crippen LogP contribution < -0.4 is 5.32 Å². The number of carbonyl (C=O) groups excluding carboxylic acids is 2. The molecular weight excluding hydrogens is 316 g/mol. The van der Waals surface area contributed by atoms with Crippen molar-refractivity contribution >= 4 is 28.3 Å². The van der Waals surface area contributed by atoms with Crippen LogP contribution in [-0.4, -0.2) is 46.9 Å². The Morgan fingerprint density at radius 2 is 2.30 bits per heavy atom. The molecule has 2 aromatic heterocycles. The summed E-state index contributed by atoms with van der Waals surface area (Å²) in [6.45, 7) is 1.38. The van der Waals surface area contributed by atoms with Gasteiger partial charge in [0.05, 0.1) is 23.9 Å². The lowest BCUT2D eigenvalue weighted by atomic mass is 10.0. The molecule has 2 amide bonds. The number of rotatable bonds is 3. The first-order chi connectivity index (χ1) is 11.1. The lowest BCUT2D eigenvalue weighted by molar-refractivity contribution is 0.0601. The average molecular weight is 334 g/mol. The van der Waals surface area contributed by atoms with Crippen LogP contribution in [0.1, 0.15) is 28.3 Å². The van der Waals surface area contributed by atoms with E-state index in [1.165, 1.54) is 18.4 Å². The molecule has 0 bridgehead atoms. The molecule has 0 spiro atoms. The molecule has 1 atom stereocenters. The van der Waals surface area contributed by atoms with Crippen molar-refractivity contribution in [2.24, 2.45) is 7.05 Å². The van der Waals surface area contributed by atoms with Crippen LogP contribution in [0, 0.1) is 0 Å². The van der Waals surface area contributed by atoms with Gasteiger partial charge in [-0.3, -0.25) is 10.00 Å². The van der Waals surface area contributed by atoms with Gasteiger partial charge in [-0.1, -0.05) is 0 Å². The minimum absolute atomic E-state index is 0.144. The van der Waals surface area contributed by atoms with Crippen molar-refractivity contribution in [3.05, 3.63) is 35.0 Å². The van der Waals surface area contributed by atoms with Crippen molar-refractivity contribution in [3.8, 4) is 0 Å². The number of thiophene rings is 1. The number of hydrogen-bond donors (Lipinski definition) is 1. The zero-order chi connectivity index (χ0) is 16.4. The molecule has 0 aliphatic carbocycles. The first-order valence-corrected chi connectivity index (χ1v) is 8.16. The van der Waals surface area contributed by atoms with E-state index in [4.69, 9.17) is 0 Å². The SMILES string of the molecule is COC(=O)c1csc(NC(=O)N2CC[C@H](c3cnn(C)c3)C2)c1. The van der Waals surface area contributed by atoms with Crippen LogP contribution in [0.4, 0.5) is 9.80 Å². The number of esters is 1. The Labute approximate surface area is 137 Å². The van der Waals surface area contributed by atoms with E-state index in [-0.39, 0.29) is 6.03 Å². The first kappa shape index (κ1) is 15.5. The van der Waals surface area contributed by atoms with Crippen LogP contribution in [-0.2, 0) is 11.8 Å². The Bertz CT molecular complexity index is 724. The predicted molar refractivity (Wildman–Crippen MR) is 86.8 cm³/mol. The lowest BCUT2D eigenvalue weighted by Gasteiger charge is -2.16. The molecule has 0 saturated carbocycles. The van der Waals surface area contributed by atoms with Crippen molar-refractivity contribution in [2.45, 2.75) is 12.3 Å². The highest BCUT2D eigenvalue weighted by atomic mass is 32.1. The standard InChI is InChI=1S/C15H18N4O3S/c1-18-7-12(6-16-18)10-3-4-19(8-10)15(21)17-13-5-11(9-23-13)14(20)22-2/h5-7,9-10H,3-4,8H2,1-2H3,(H,17,21)/t10-/m0/s1. The van der Waals surface area contributed by atoms with Crippen molar-refractivity contribution in [2.75, 3.05) is 25.5 Å². The number of aromatic nitrogens is 2. The molecule has 8 heteroatoms. The number of ether oxygens (including phenoxy) is 1. The van der Waals surface area contributed by atoms with Gasteiger partial charge in [0.15, 0.2) is 0 Å². The molecule has 122 valence electrons. The fraction of sp³-hybridized carbons (Fsp3) is 0.400. The van der Waals surface area contributed by atoms with Gasteiger partial charge < -0.3 is 9.64 Å². The molecule has 0 radical (unpaired) electrons. The molecule has 23 heavy (non-hydrogen) atoms. The summed E-state index contributed by atoms with van der Waals surface area (Å²) in [4.78, 5) is 25.5. The van der Waals surface area contributed by atoms with Crippen LogP contribution in [0.25, 0.3) is 0 Å². The van der Waals surface area contributed by atoms with Crippen LogP contribution >= 0.6 is 11.3 Å². The van der Waals surface area contributed by atoms with Crippen LogP contribution in [0.15, 0.2) is 23.8 Å². The number of urea groups is 1. The summed E-state index contributed by atoms with van der Waals surface area (Å²) in [6, 6.07) is 1.48. The maximum atomic E-state index is 12.3.